The average molecular weight is 368 g/mol. The molecule has 2 aromatic heterocycles. The zero-order valence-electron chi connectivity index (χ0n) is 15.2. The molecular weight excluding hydrogens is 348 g/mol. The normalized spacial score (nSPS) is 12.1. The maximum absolute atomic E-state index is 12.8. The van der Waals surface area contributed by atoms with Crippen molar-refractivity contribution < 1.29 is 14.1 Å². The highest BCUT2D eigenvalue weighted by Crippen LogP contribution is 2.23. The van der Waals surface area contributed by atoms with E-state index in [1.165, 1.54) is 23.1 Å². The van der Waals surface area contributed by atoms with Crippen molar-refractivity contribution in [3.8, 4) is 17.1 Å². The van der Waals surface area contributed by atoms with Crippen LogP contribution in [0.15, 0.2) is 53.1 Å². The van der Waals surface area contributed by atoms with Gasteiger partial charge in [-0.05, 0) is 37.1 Å². The molecule has 0 bridgehead atoms. The highest BCUT2D eigenvalue weighted by atomic mass is 16.6. The maximum Gasteiger partial charge on any atom is 0.270 e. The molecule has 0 aliphatic heterocycles. The Bertz CT molecular complexity index is 943. The van der Waals surface area contributed by atoms with E-state index in [1.807, 2.05) is 20.8 Å². The van der Waals surface area contributed by atoms with Crippen LogP contribution in [0.4, 0.5) is 5.69 Å². The van der Waals surface area contributed by atoms with E-state index in [-0.39, 0.29) is 23.6 Å². The van der Waals surface area contributed by atoms with Crippen LogP contribution in [-0.2, 0) is 0 Å². The summed E-state index contributed by atoms with van der Waals surface area (Å²) in [5, 5.41) is 18.3. The second-order valence-electron chi connectivity index (χ2n) is 6.58. The van der Waals surface area contributed by atoms with E-state index < -0.39 is 4.92 Å². The molecule has 2 heterocycles. The maximum atomic E-state index is 12.8. The van der Waals surface area contributed by atoms with Gasteiger partial charge in [0.1, 0.15) is 11.4 Å². The van der Waals surface area contributed by atoms with E-state index in [0.29, 0.717) is 22.8 Å². The van der Waals surface area contributed by atoms with Crippen LogP contribution < -0.4 is 5.32 Å². The van der Waals surface area contributed by atoms with Gasteiger partial charge in [0.05, 0.1) is 16.9 Å². The average Bonchev–Trinajstić information content (AvgIpc) is 3.31. The monoisotopic (exact) mass is 368 g/mol. The van der Waals surface area contributed by atoms with Gasteiger partial charge in [-0.15, -0.1) is 0 Å². The number of nitro groups is 1. The van der Waals surface area contributed by atoms with Gasteiger partial charge >= 0.3 is 0 Å². The van der Waals surface area contributed by atoms with Crippen molar-refractivity contribution in [2.75, 3.05) is 0 Å². The van der Waals surface area contributed by atoms with Crippen LogP contribution in [0.5, 0.6) is 0 Å². The highest BCUT2D eigenvalue weighted by molar-refractivity contribution is 5.94. The van der Waals surface area contributed by atoms with Gasteiger partial charge < -0.3 is 9.73 Å². The van der Waals surface area contributed by atoms with Crippen LogP contribution in [0.3, 0.4) is 0 Å². The molecule has 1 N–H and O–H groups in total. The zero-order valence-corrected chi connectivity index (χ0v) is 15.2. The number of carbonyl (C=O) groups is 1. The minimum absolute atomic E-state index is 0.0234. The Morgan fingerprint density at radius 1 is 1.22 bits per heavy atom. The number of amides is 1. The summed E-state index contributed by atoms with van der Waals surface area (Å²) in [5.74, 6) is 0.524. The molecule has 8 nitrogen and oxygen atoms in total. The number of hydrogen-bond acceptors (Lipinski definition) is 5. The summed E-state index contributed by atoms with van der Waals surface area (Å²) < 4.78 is 6.84. The molecule has 0 saturated heterocycles. The summed E-state index contributed by atoms with van der Waals surface area (Å²) in [6.07, 6.45) is 1.53. The van der Waals surface area contributed by atoms with Crippen LogP contribution in [0.25, 0.3) is 17.1 Å². The number of nitrogens with one attached hydrogen (secondary N) is 1. The van der Waals surface area contributed by atoms with Gasteiger partial charge in [-0.25, -0.2) is 4.68 Å². The van der Waals surface area contributed by atoms with Gasteiger partial charge in [0.15, 0.2) is 5.76 Å². The fourth-order valence-corrected chi connectivity index (χ4v) is 2.45. The zero-order chi connectivity index (χ0) is 19.6. The predicted molar refractivity (Wildman–Crippen MR) is 99.7 cm³/mol. The molecular formula is C19H20N4O4. The Morgan fingerprint density at radius 3 is 2.48 bits per heavy atom. The van der Waals surface area contributed by atoms with Crippen LogP contribution in [0.2, 0.25) is 0 Å². The van der Waals surface area contributed by atoms with Crippen molar-refractivity contribution in [1.29, 1.82) is 0 Å². The topological polar surface area (TPSA) is 103 Å². The molecule has 1 aromatic carbocycles. The third-order valence-electron chi connectivity index (χ3n) is 4.38. The lowest BCUT2D eigenvalue weighted by atomic mass is 10.1. The molecule has 0 spiro atoms. The summed E-state index contributed by atoms with van der Waals surface area (Å²) in [6, 6.07) is 11.0. The molecule has 140 valence electrons. The van der Waals surface area contributed by atoms with E-state index in [1.54, 1.807) is 30.3 Å². The van der Waals surface area contributed by atoms with Crippen LogP contribution in [0, 0.1) is 16.0 Å². The number of nitrogens with zero attached hydrogens (tertiary/aromatic N) is 3. The lowest BCUT2D eigenvalue weighted by Gasteiger charge is -2.17. The molecule has 3 rings (SSSR count). The van der Waals surface area contributed by atoms with Gasteiger partial charge in [-0.1, -0.05) is 13.8 Å². The molecule has 0 aliphatic rings. The van der Waals surface area contributed by atoms with Crippen LogP contribution in [0.1, 0.15) is 31.3 Å². The number of hydrogen-bond donors (Lipinski definition) is 1. The number of rotatable bonds is 6. The highest BCUT2D eigenvalue weighted by Gasteiger charge is 2.21. The molecule has 0 radical (unpaired) electrons. The van der Waals surface area contributed by atoms with Crippen molar-refractivity contribution in [1.82, 2.24) is 15.1 Å². The van der Waals surface area contributed by atoms with Crippen molar-refractivity contribution in [2.45, 2.75) is 26.8 Å². The first kappa shape index (κ1) is 18.4. The van der Waals surface area contributed by atoms with Gasteiger partial charge in [0, 0.05) is 24.2 Å². The largest absolute Gasteiger partial charge is 0.463 e. The van der Waals surface area contributed by atoms with E-state index in [2.05, 4.69) is 10.4 Å². The number of non-ortho nitro benzene ring substituents is 1. The van der Waals surface area contributed by atoms with Crippen molar-refractivity contribution in [2.24, 2.45) is 5.92 Å². The second-order valence-corrected chi connectivity index (χ2v) is 6.58. The molecule has 27 heavy (non-hydrogen) atoms. The molecule has 0 fully saturated rings. The minimum Gasteiger partial charge on any atom is -0.463 e. The number of nitro benzene ring substituents is 1. The summed E-state index contributed by atoms with van der Waals surface area (Å²) >= 11 is 0. The van der Waals surface area contributed by atoms with E-state index in [4.69, 9.17) is 4.42 Å². The van der Waals surface area contributed by atoms with E-state index in [0.717, 1.165) is 0 Å². The Balaban J connectivity index is 2.02. The Morgan fingerprint density at radius 2 is 1.93 bits per heavy atom. The van der Waals surface area contributed by atoms with Crippen molar-refractivity contribution in [3.05, 3.63) is 64.5 Å². The molecule has 0 aliphatic carbocycles. The molecule has 1 atom stereocenters. The summed E-state index contributed by atoms with van der Waals surface area (Å²) in [6.45, 7) is 5.97. The molecule has 3 aromatic rings. The summed E-state index contributed by atoms with van der Waals surface area (Å²) in [7, 11) is 0. The molecule has 1 amide bonds. The van der Waals surface area contributed by atoms with Gasteiger partial charge in [0.2, 0.25) is 0 Å². The first-order valence-electron chi connectivity index (χ1n) is 8.56. The SMILES string of the molecule is CC(C)[C@@H](C)NC(=O)c1cc(-c2ccco2)nn1-c1ccc([N+](=O)[O-])cc1. The summed E-state index contributed by atoms with van der Waals surface area (Å²) in [4.78, 5) is 23.2. The first-order chi connectivity index (χ1) is 12.9. The number of furan rings is 1. The quantitative estimate of drug-likeness (QED) is 0.526. The standard InChI is InChI=1S/C19H20N4O4/c1-12(2)13(3)20-19(24)17-11-16(18-5-4-10-27-18)21-22(17)14-6-8-15(9-7-14)23(25)26/h4-13H,1-3H3,(H,20,24)/t13-/m1/s1. The molecule has 8 heteroatoms. The Hall–Kier alpha value is -3.42. The number of carbonyl (C=O) groups excluding carboxylic acids is 1. The molecule has 0 unspecified atom stereocenters. The predicted octanol–water partition coefficient (Wildman–Crippen LogP) is 3.81. The Kier molecular flexibility index (Phi) is 5.07. The number of aromatic nitrogens is 2. The second kappa shape index (κ2) is 7.45. The van der Waals surface area contributed by atoms with E-state index >= 15 is 0 Å². The van der Waals surface area contributed by atoms with Gasteiger partial charge in [0.25, 0.3) is 11.6 Å². The number of benzene rings is 1. The smallest absolute Gasteiger partial charge is 0.270 e. The van der Waals surface area contributed by atoms with Crippen LogP contribution in [-0.4, -0.2) is 26.7 Å². The van der Waals surface area contributed by atoms with Crippen molar-refractivity contribution in [3.63, 3.8) is 0 Å². The Labute approximate surface area is 156 Å². The van der Waals surface area contributed by atoms with E-state index in [9.17, 15) is 14.9 Å². The third kappa shape index (κ3) is 3.89. The fourth-order valence-electron chi connectivity index (χ4n) is 2.45. The summed E-state index contributed by atoms with van der Waals surface area (Å²) in [5.41, 5.74) is 1.33. The van der Waals surface area contributed by atoms with Gasteiger partial charge in [-0.2, -0.15) is 5.10 Å². The van der Waals surface area contributed by atoms with Crippen LogP contribution >= 0.6 is 0 Å². The fraction of sp³-hybridized carbons (Fsp3) is 0.263. The molecule has 0 saturated carbocycles. The lowest BCUT2D eigenvalue weighted by Crippen LogP contribution is -2.37. The third-order valence-corrected chi connectivity index (χ3v) is 4.38. The van der Waals surface area contributed by atoms with Gasteiger partial charge in [-0.3, -0.25) is 14.9 Å². The first-order valence-corrected chi connectivity index (χ1v) is 8.56. The lowest BCUT2D eigenvalue weighted by molar-refractivity contribution is -0.384. The minimum atomic E-state index is -0.473. The van der Waals surface area contributed by atoms with Crippen molar-refractivity contribution >= 4 is 11.6 Å².